The summed E-state index contributed by atoms with van der Waals surface area (Å²) in [5.41, 5.74) is 2.10. The van der Waals surface area contributed by atoms with Crippen LogP contribution in [0.3, 0.4) is 0 Å². The molecule has 3 aliphatic rings. The van der Waals surface area contributed by atoms with Gasteiger partial charge in [-0.1, -0.05) is 33.6 Å². The number of hydrogen-bond donors (Lipinski definition) is 0. The predicted molar refractivity (Wildman–Crippen MR) is 64.7 cm³/mol. The van der Waals surface area contributed by atoms with Crippen LogP contribution in [0, 0.1) is 22.2 Å². The molecule has 0 aromatic carbocycles. The van der Waals surface area contributed by atoms with E-state index in [2.05, 4.69) is 20.8 Å². The zero-order valence-electron chi connectivity index (χ0n) is 10.7. The third-order valence-corrected chi connectivity index (χ3v) is 6.70. The van der Waals surface area contributed by atoms with E-state index in [-0.39, 0.29) is 0 Å². The highest BCUT2D eigenvalue weighted by atomic mass is 14.7. The standard InChI is InChI=1S/C15H26/c1-13(2)12-6-9-14(13,3)7-4-5-8-15(12)10-11-15/h12H,4-11H2,1-3H3. The van der Waals surface area contributed by atoms with Gasteiger partial charge in [-0.05, 0) is 60.7 Å². The van der Waals surface area contributed by atoms with Crippen LogP contribution < -0.4 is 0 Å². The summed E-state index contributed by atoms with van der Waals surface area (Å²) in [6, 6.07) is 0. The molecule has 15 heavy (non-hydrogen) atoms. The minimum atomic E-state index is 0.615. The molecule has 86 valence electrons. The van der Waals surface area contributed by atoms with Crippen molar-refractivity contribution in [1.82, 2.24) is 0 Å². The minimum absolute atomic E-state index is 0.615. The molecule has 0 heterocycles. The molecule has 0 amide bonds. The molecule has 0 saturated heterocycles. The van der Waals surface area contributed by atoms with Crippen molar-refractivity contribution in [3.05, 3.63) is 0 Å². The van der Waals surface area contributed by atoms with E-state index in [0.29, 0.717) is 10.8 Å². The SMILES string of the molecule is CC12CCCCC3(CC3)C(CC1)C2(C)C. The van der Waals surface area contributed by atoms with Gasteiger partial charge in [-0.15, -0.1) is 0 Å². The van der Waals surface area contributed by atoms with Gasteiger partial charge in [-0.25, -0.2) is 0 Å². The summed E-state index contributed by atoms with van der Waals surface area (Å²) in [5.74, 6) is 1.05. The molecular formula is C15H26. The molecule has 3 fully saturated rings. The van der Waals surface area contributed by atoms with E-state index in [9.17, 15) is 0 Å². The van der Waals surface area contributed by atoms with E-state index >= 15 is 0 Å². The maximum atomic E-state index is 2.58. The van der Waals surface area contributed by atoms with Gasteiger partial charge in [0.05, 0.1) is 0 Å². The fraction of sp³-hybridized carbons (Fsp3) is 1.00. The molecule has 2 bridgehead atoms. The molecule has 1 spiro atoms. The molecule has 0 aromatic heterocycles. The number of rotatable bonds is 0. The summed E-state index contributed by atoms with van der Waals surface area (Å²) < 4.78 is 0. The van der Waals surface area contributed by atoms with Crippen LogP contribution in [-0.4, -0.2) is 0 Å². The molecule has 3 saturated carbocycles. The molecule has 0 heteroatoms. The average Bonchev–Trinajstić information content (AvgIpc) is 2.86. The normalized spacial score (nSPS) is 46.2. The van der Waals surface area contributed by atoms with Crippen LogP contribution in [0.5, 0.6) is 0 Å². The topological polar surface area (TPSA) is 0 Å². The summed E-state index contributed by atoms with van der Waals surface area (Å²) in [7, 11) is 0. The predicted octanol–water partition coefficient (Wildman–Crippen LogP) is 4.78. The zero-order chi connectivity index (χ0) is 10.7. The third kappa shape index (κ3) is 1.20. The fourth-order valence-corrected chi connectivity index (χ4v) is 5.01. The lowest BCUT2D eigenvalue weighted by molar-refractivity contribution is 0.0247. The van der Waals surface area contributed by atoms with Gasteiger partial charge in [0, 0.05) is 0 Å². The highest BCUT2D eigenvalue weighted by molar-refractivity contribution is 5.11. The Labute approximate surface area is 94.8 Å². The van der Waals surface area contributed by atoms with Crippen molar-refractivity contribution < 1.29 is 0 Å². The Morgan fingerprint density at radius 1 is 0.800 bits per heavy atom. The van der Waals surface area contributed by atoms with Gasteiger partial charge in [0.1, 0.15) is 0 Å². The van der Waals surface area contributed by atoms with E-state index in [1.165, 1.54) is 32.1 Å². The van der Waals surface area contributed by atoms with Crippen LogP contribution in [0.25, 0.3) is 0 Å². The second-order valence-electron chi connectivity index (χ2n) is 7.44. The van der Waals surface area contributed by atoms with Crippen LogP contribution in [0.2, 0.25) is 0 Å². The lowest BCUT2D eigenvalue weighted by Crippen LogP contribution is -2.39. The zero-order valence-corrected chi connectivity index (χ0v) is 10.7. The molecule has 3 rings (SSSR count). The molecular weight excluding hydrogens is 180 g/mol. The van der Waals surface area contributed by atoms with Gasteiger partial charge in [0.25, 0.3) is 0 Å². The van der Waals surface area contributed by atoms with Crippen molar-refractivity contribution in [3.8, 4) is 0 Å². The lowest BCUT2D eigenvalue weighted by Gasteiger charge is -2.46. The molecule has 0 aliphatic heterocycles. The number of fused-ring (bicyclic) bond motifs is 3. The smallest absolute Gasteiger partial charge is 0.0263 e. The van der Waals surface area contributed by atoms with Crippen LogP contribution in [0.1, 0.15) is 72.1 Å². The second kappa shape index (κ2) is 2.81. The van der Waals surface area contributed by atoms with Gasteiger partial charge in [-0.2, -0.15) is 0 Å². The maximum absolute atomic E-state index is 2.58. The van der Waals surface area contributed by atoms with Crippen molar-refractivity contribution >= 4 is 0 Å². The summed E-state index contributed by atoms with van der Waals surface area (Å²) in [4.78, 5) is 0. The third-order valence-electron chi connectivity index (χ3n) is 6.70. The van der Waals surface area contributed by atoms with Crippen molar-refractivity contribution in [1.29, 1.82) is 0 Å². The Morgan fingerprint density at radius 2 is 1.47 bits per heavy atom. The van der Waals surface area contributed by atoms with E-state index in [4.69, 9.17) is 0 Å². The monoisotopic (exact) mass is 206 g/mol. The Morgan fingerprint density at radius 3 is 2.13 bits per heavy atom. The van der Waals surface area contributed by atoms with Gasteiger partial charge in [0.2, 0.25) is 0 Å². The van der Waals surface area contributed by atoms with E-state index in [1.807, 2.05) is 0 Å². The Bertz CT molecular complexity index is 272. The van der Waals surface area contributed by atoms with E-state index in [0.717, 1.165) is 11.3 Å². The first-order chi connectivity index (χ1) is 7.00. The summed E-state index contributed by atoms with van der Waals surface area (Å²) in [5, 5.41) is 0. The molecule has 0 aromatic rings. The highest BCUT2D eigenvalue weighted by Gasteiger charge is 2.62. The highest BCUT2D eigenvalue weighted by Crippen LogP contribution is 2.71. The first-order valence-electron chi connectivity index (χ1n) is 7.00. The lowest BCUT2D eigenvalue weighted by atomic mass is 9.58. The second-order valence-corrected chi connectivity index (χ2v) is 7.44. The molecule has 2 unspecified atom stereocenters. The van der Waals surface area contributed by atoms with E-state index < -0.39 is 0 Å². The quantitative estimate of drug-likeness (QED) is 0.535. The largest absolute Gasteiger partial charge is 0.0591 e. The van der Waals surface area contributed by atoms with Crippen molar-refractivity contribution in [3.63, 3.8) is 0 Å². The molecule has 0 radical (unpaired) electrons. The van der Waals surface area contributed by atoms with Gasteiger partial charge < -0.3 is 0 Å². The molecule has 0 nitrogen and oxygen atoms in total. The maximum Gasteiger partial charge on any atom is -0.0263 e. The van der Waals surface area contributed by atoms with Gasteiger partial charge >= 0.3 is 0 Å². The molecule has 2 atom stereocenters. The van der Waals surface area contributed by atoms with Gasteiger partial charge in [0.15, 0.2) is 0 Å². The Hall–Kier alpha value is 0. The van der Waals surface area contributed by atoms with Crippen LogP contribution in [-0.2, 0) is 0 Å². The Kier molecular flexibility index (Phi) is 1.91. The summed E-state index contributed by atoms with van der Waals surface area (Å²) in [6.45, 7) is 7.74. The average molecular weight is 206 g/mol. The van der Waals surface area contributed by atoms with E-state index in [1.54, 1.807) is 19.3 Å². The molecule has 3 aliphatic carbocycles. The molecule has 0 N–H and O–H groups in total. The van der Waals surface area contributed by atoms with Crippen molar-refractivity contribution in [2.24, 2.45) is 22.2 Å². The van der Waals surface area contributed by atoms with Crippen LogP contribution in [0.15, 0.2) is 0 Å². The van der Waals surface area contributed by atoms with Crippen molar-refractivity contribution in [2.45, 2.75) is 72.1 Å². The van der Waals surface area contributed by atoms with Crippen molar-refractivity contribution in [2.75, 3.05) is 0 Å². The first kappa shape index (κ1) is 10.2. The fourth-order valence-electron chi connectivity index (χ4n) is 5.01. The Balaban J connectivity index is 1.98. The minimum Gasteiger partial charge on any atom is -0.0591 e. The summed E-state index contributed by atoms with van der Waals surface area (Å²) in [6.07, 6.45) is 12.2. The summed E-state index contributed by atoms with van der Waals surface area (Å²) >= 11 is 0. The van der Waals surface area contributed by atoms with Crippen LogP contribution in [0.4, 0.5) is 0 Å². The van der Waals surface area contributed by atoms with Crippen LogP contribution >= 0.6 is 0 Å². The first-order valence-corrected chi connectivity index (χ1v) is 7.00. The number of hydrogen-bond acceptors (Lipinski definition) is 0. The van der Waals surface area contributed by atoms with Gasteiger partial charge in [-0.3, -0.25) is 0 Å².